The Hall–Kier alpha value is -2.62. The highest BCUT2D eigenvalue weighted by Crippen LogP contribution is 2.17. The van der Waals surface area contributed by atoms with Crippen molar-refractivity contribution in [1.29, 1.82) is 0 Å². The molecule has 0 saturated carbocycles. The third kappa shape index (κ3) is 6.42. The highest BCUT2D eigenvalue weighted by atomic mass is 16.5. The lowest BCUT2D eigenvalue weighted by atomic mass is 9.98. The summed E-state index contributed by atoms with van der Waals surface area (Å²) in [6, 6.07) is 16.9. The smallest absolute Gasteiger partial charge is 0.311 e. The minimum Gasteiger partial charge on any atom is -0.427 e. The minimum atomic E-state index is -0.244. The van der Waals surface area contributed by atoms with Gasteiger partial charge in [0.1, 0.15) is 5.75 Å². The van der Waals surface area contributed by atoms with E-state index in [1.54, 1.807) is 24.3 Å². The molecule has 2 aromatic carbocycles. The quantitative estimate of drug-likeness (QED) is 0.584. The fourth-order valence-corrected chi connectivity index (χ4v) is 2.55. The number of carbonyl (C=O) groups is 2. The van der Waals surface area contributed by atoms with Crippen molar-refractivity contribution in [1.82, 2.24) is 5.32 Å². The van der Waals surface area contributed by atoms with Crippen LogP contribution < -0.4 is 10.1 Å². The van der Waals surface area contributed by atoms with Crippen LogP contribution in [-0.2, 0) is 11.2 Å². The number of hydrogen-bond donors (Lipinski definition) is 1. The molecule has 0 saturated heterocycles. The summed E-state index contributed by atoms with van der Waals surface area (Å²) in [5.41, 5.74) is 1.83. The predicted octanol–water partition coefficient (Wildman–Crippen LogP) is 4.00. The third-order valence-electron chi connectivity index (χ3n) is 3.97. The first-order valence-electron chi connectivity index (χ1n) is 8.71. The Morgan fingerprint density at radius 3 is 2.36 bits per heavy atom. The van der Waals surface area contributed by atoms with Gasteiger partial charge in [-0.2, -0.15) is 0 Å². The highest BCUT2D eigenvalue weighted by Gasteiger charge is 2.12. The maximum absolute atomic E-state index is 12.1. The molecule has 1 amide bonds. The number of esters is 1. The number of nitrogens with one attached hydrogen (secondary N) is 1. The van der Waals surface area contributed by atoms with Gasteiger partial charge in [0, 0.05) is 18.5 Å². The van der Waals surface area contributed by atoms with Crippen LogP contribution in [0.2, 0.25) is 0 Å². The largest absolute Gasteiger partial charge is 0.427 e. The van der Waals surface area contributed by atoms with E-state index in [1.807, 2.05) is 25.1 Å². The SMILES string of the molecule is CCNC(=O)c1ccc(OC(=O)CC(C)CCc2ccccc2)cc1. The number of benzene rings is 2. The topological polar surface area (TPSA) is 55.4 Å². The van der Waals surface area contributed by atoms with E-state index in [2.05, 4.69) is 24.4 Å². The molecule has 0 radical (unpaired) electrons. The first-order valence-corrected chi connectivity index (χ1v) is 8.71. The van der Waals surface area contributed by atoms with Crippen LogP contribution in [0.1, 0.15) is 42.6 Å². The van der Waals surface area contributed by atoms with Crippen LogP contribution in [0.4, 0.5) is 0 Å². The Morgan fingerprint density at radius 2 is 1.72 bits per heavy atom. The highest BCUT2D eigenvalue weighted by molar-refractivity contribution is 5.94. The zero-order chi connectivity index (χ0) is 18.1. The van der Waals surface area contributed by atoms with Crippen LogP contribution in [0.15, 0.2) is 54.6 Å². The van der Waals surface area contributed by atoms with E-state index < -0.39 is 0 Å². The zero-order valence-electron chi connectivity index (χ0n) is 14.8. The van der Waals surface area contributed by atoms with Crippen LogP contribution >= 0.6 is 0 Å². The number of hydrogen-bond acceptors (Lipinski definition) is 3. The van der Waals surface area contributed by atoms with Gasteiger partial charge in [-0.3, -0.25) is 9.59 Å². The maximum atomic E-state index is 12.1. The Morgan fingerprint density at radius 1 is 1.04 bits per heavy atom. The number of amides is 1. The Bertz CT molecular complexity index is 680. The molecule has 132 valence electrons. The first kappa shape index (κ1) is 18.7. The van der Waals surface area contributed by atoms with Crippen LogP contribution in [0, 0.1) is 5.92 Å². The average Bonchev–Trinajstić information content (AvgIpc) is 2.61. The van der Waals surface area contributed by atoms with Crippen molar-refractivity contribution in [3.05, 3.63) is 65.7 Å². The van der Waals surface area contributed by atoms with Gasteiger partial charge in [-0.05, 0) is 55.5 Å². The van der Waals surface area contributed by atoms with Gasteiger partial charge in [0.15, 0.2) is 0 Å². The molecule has 1 unspecified atom stereocenters. The van der Waals surface area contributed by atoms with Crippen molar-refractivity contribution >= 4 is 11.9 Å². The summed E-state index contributed by atoms with van der Waals surface area (Å²) in [6.07, 6.45) is 2.27. The molecular weight excluding hydrogens is 314 g/mol. The number of carbonyl (C=O) groups excluding carboxylic acids is 2. The first-order chi connectivity index (χ1) is 12.1. The molecule has 0 heterocycles. The number of rotatable bonds is 8. The number of aryl methyl sites for hydroxylation is 1. The van der Waals surface area contributed by atoms with Gasteiger partial charge in [0.05, 0.1) is 0 Å². The van der Waals surface area contributed by atoms with Crippen molar-refractivity contribution < 1.29 is 14.3 Å². The monoisotopic (exact) mass is 339 g/mol. The van der Waals surface area contributed by atoms with Gasteiger partial charge in [-0.15, -0.1) is 0 Å². The van der Waals surface area contributed by atoms with Crippen molar-refractivity contribution in [2.45, 2.75) is 33.1 Å². The summed E-state index contributed by atoms with van der Waals surface area (Å²) >= 11 is 0. The fraction of sp³-hybridized carbons (Fsp3) is 0.333. The molecule has 0 aliphatic rings. The molecule has 0 aliphatic carbocycles. The molecule has 4 nitrogen and oxygen atoms in total. The molecule has 2 aromatic rings. The molecule has 0 aliphatic heterocycles. The molecule has 0 spiro atoms. The van der Waals surface area contributed by atoms with Crippen molar-refractivity contribution in [3.8, 4) is 5.75 Å². The Labute approximate surface area is 149 Å². The summed E-state index contributed by atoms with van der Waals surface area (Å²) in [5.74, 6) is 0.344. The van der Waals surface area contributed by atoms with Crippen LogP contribution in [0.5, 0.6) is 5.75 Å². The Kier molecular flexibility index (Phi) is 7.20. The second-order valence-electron chi connectivity index (χ2n) is 6.19. The van der Waals surface area contributed by atoms with Crippen molar-refractivity contribution in [2.24, 2.45) is 5.92 Å². The molecule has 2 rings (SSSR count). The normalized spacial score (nSPS) is 11.6. The molecule has 4 heteroatoms. The van der Waals surface area contributed by atoms with Crippen LogP contribution in [-0.4, -0.2) is 18.4 Å². The van der Waals surface area contributed by atoms with E-state index in [4.69, 9.17) is 4.74 Å². The van der Waals surface area contributed by atoms with E-state index in [1.165, 1.54) is 5.56 Å². The molecule has 0 aromatic heterocycles. The molecule has 1 atom stereocenters. The summed E-state index contributed by atoms with van der Waals surface area (Å²) in [7, 11) is 0. The predicted molar refractivity (Wildman–Crippen MR) is 98.6 cm³/mol. The summed E-state index contributed by atoms with van der Waals surface area (Å²) < 4.78 is 5.36. The van der Waals surface area contributed by atoms with Crippen LogP contribution in [0.25, 0.3) is 0 Å². The average molecular weight is 339 g/mol. The van der Waals surface area contributed by atoms with Gasteiger partial charge in [0.25, 0.3) is 5.91 Å². The summed E-state index contributed by atoms with van der Waals surface area (Å²) in [6.45, 7) is 4.51. The van der Waals surface area contributed by atoms with Crippen molar-refractivity contribution in [2.75, 3.05) is 6.54 Å². The lowest BCUT2D eigenvalue weighted by Crippen LogP contribution is -2.22. The Balaban J connectivity index is 1.78. The standard InChI is InChI=1S/C21H25NO3/c1-3-22-21(24)18-11-13-19(14-12-18)25-20(23)15-16(2)9-10-17-7-5-4-6-8-17/h4-8,11-14,16H,3,9-10,15H2,1-2H3,(H,22,24). The van der Waals surface area contributed by atoms with E-state index >= 15 is 0 Å². The summed E-state index contributed by atoms with van der Waals surface area (Å²) in [4.78, 5) is 23.7. The molecule has 0 fully saturated rings. The van der Waals surface area contributed by atoms with E-state index in [9.17, 15) is 9.59 Å². The van der Waals surface area contributed by atoms with E-state index in [-0.39, 0.29) is 17.8 Å². The van der Waals surface area contributed by atoms with Gasteiger partial charge in [-0.25, -0.2) is 0 Å². The fourth-order valence-electron chi connectivity index (χ4n) is 2.55. The second-order valence-corrected chi connectivity index (χ2v) is 6.19. The lowest BCUT2D eigenvalue weighted by Gasteiger charge is -2.11. The zero-order valence-corrected chi connectivity index (χ0v) is 14.8. The van der Waals surface area contributed by atoms with Gasteiger partial charge < -0.3 is 10.1 Å². The summed E-state index contributed by atoms with van der Waals surface area (Å²) in [5, 5.41) is 2.73. The second kappa shape index (κ2) is 9.62. The molecule has 0 bridgehead atoms. The van der Waals surface area contributed by atoms with Gasteiger partial charge in [0.2, 0.25) is 0 Å². The third-order valence-corrected chi connectivity index (χ3v) is 3.97. The van der Waals surface area contributed by atoms with E-state index in [0.717, 1.165) is 12.8 Å². The van der Waals surface area contributed by atoms with E-state index in [0.29, 0.717) is 24.3 Å². The van der Waals surface area contributed by atoms with Gasteiger partial charge in [-0.1, -0.05) is 37.3 Å². The molecule has 1 N–H and O–H groups in total. The molecule has 25 heavy (non-hydrogen) atoms. The lowest BCUT2D eigenvalue weighted by molar-refractivity contribution is -0.135. The van der Waals surface area contributed by atoms with Crippen molar-refractivity contribution in [3.63, 3.8) is 0 Å². The van der Waals surface area contributed by atoms with Crippen LogP contribution in [0.3, 0.4) is 0 Å². The number of ether oxygens (including phenoxy) is 1. The minimum absolute atomic E-state index is 0.130. The maximum Gasteiger partial charge on any atom is 0.311 e. The van der Waals surface area contributed by atoms with Gasteiger partial charge >= 0.3 is 5.97 Å². The molecular formula is C21H25NO3.